The Labute approximate surface area is 110 Å². The Morgan fingerprint density at radius 1 is 1.11 bits per heavy atom. The maximum absolute atomic E-state index is 13.4. The van der Waals surface area contributed by atoms with E-state index in [0.29, 0.717) is 29.8 Å². The van der Waals surface area contributed by atoms with E-state index in [4.69, 9.17) is 4.74 Å². The molecule has 1 aliphatic heterocycles. The molecule has 0 radical (unpaired) electrons. The van der Waals surface area contributed by atoms with Gasteiger partial charge in [-0.25, -0.2) is 4.39 Å². The summed E-state index contributed by atoms with van der Waals surface area (Å²) in [6.45, 7) is 0.426. The average Bonchev–Trinajstić information content (AvgIpc) is 2.57. The minimum Gasteiger partial charge on any atom is -0.493 e. The lowest BCUT2D eigenvalue weighted by Gasteiger charge is -2.13. The molecular weight excluding hydrogens is 246 g/mol. The third kappa shape index (κ3) is 2.11. The van der Waals surface area contributed by atoms with Crippen LogP contribution in [0.5, 0.6) is 5.75 Å². The minimum atomic E-state index is -1.61. The Morgan fingerprint density at radius 2 is 1.95 bits per heavy atom. The fourth-order valence-corrected chi connectivity index (χ4v) is 2.41. The first-order valence-corrected chi connectivity index (χ1v) is 6.07. The lowest BCUT2D eigenvalue weighted by molar-refractivity contribution is 0.326. The van der Waals surface area contributed by atoms with Gasteiger partial charge in [0.1, 0.15) is 11.6 Å². The van der Waals surface area contributed by atoms with Crippen molar-refractivity contribution in [3.8, 4) is 16.9 Å². The van der Waals surface area contributed by atoms with Crippen LogP contribution < -0.4 is 10.2 Å². The summed E-state index contributed by atoms with van der Waals surface area (Å²) < 4.78 is 19.1. The molecular formula is C14H12BFO3. The van der Waals surface area contributed by atoms with Gasteiger partial charge in [0, 0.05) is 17.4 Å². The van der Waals surface area contributed by atoms with Crippen molar-refractivity contribution in [1.82, 2.24) is 0 Å². The predicted octanol–water partition coefficient (Wildman–Crippen LogP) is 1.11. The van der Waals surface area contributed by atoms with E-state index in [1.165, 1.54) is 12.1 Å². The van der Waals surface area contributed by atoms with Gasteiger partial charge in [0.05, 0.1) is 6.61 Å². The molecule has 0 atom stereocenters. The summed E-state index contributed by atoms with van der Waals surface area (Å²) in [6, 6.07) is 9.71. The second kappa shape index (κ2) is 4.68. The molecule has 0 bridgehead atoms. The van der Waals surface area contributed by atoms with Crippen LogP contribution in [-0.4, -0.2) is 23.8 Å². The number of hydrogen-bond donors (Lipinski definition) is 2. The average molecular weight is 258 g/mol. The molecule has 2 aromatic rings. The molecule has 5 heteroatoms. The Kier molecular flexibility index (Phi) is 3.01. The van der Waals surface area contributed by atoms with Crippen LogP contribution in [0.3, 0.4) is 0 Å². The molecule has 0 aromatic heterocycles. The van der Waals surface area contributed by atoms with Crippen molar-refractivity contribution in [1.29, 1.82) is 0 Å². The van der Waals surface area contributed by atoms with Crippen molar-refractivity contribution in [2.45, 2.75) is 6.42 Å². The van der Waals surface area contributed by atoms with E-state index in [9.17, 15) is 14.4 Å². The standard InChI is InChI=1S/C14H12BFO3/c16-10-5-4-9-6-7-19-14-11(12(9)8-10)2-1-3-13(14)15(17)18/h1-5,8,17-18H,6-7H2. The monoisotopic (exact) mass is 258 g/mol. The number of hydrogen-bond acceptors (Lipinski definition) is 3. The van der Waals surface area contributed by atoms with Crippen molar-refractivity contribution < 1.29 is 19.2 Å². The van der Waals surface area contributed by atoms with Crippen LogP contribution in [0, 0.1) is 5.82 Å². The van der Waals surface area contributed by atoms with Crippen LogP contribution in [0.1, 0.15) is 5.56 Å². The molecule has 19 heavy (non-hydrogen) atoms. The van der Waals surface area contributed by atoms with Crippen molar-refractivity contribution in [3.63, 3.8) is 0 Å². The predicted molar refractivity (Wildman–Crippen MR) is 70.9 cm³/mol. The van der Waals surface area contributed by atoms with E-state index in [0.717, 1.165) is 11.1 Å². The van der Waals surface area contributed by atoms with E-state index in [1.807, 2.05) is 0 Å². The number of rotatable bonds is 1. The first-order valence-electron chi connectivity index (χ1n) is 6.07. The van der Waals surface area contributed by atoms with Crippen LogP contribution in [0.25, 0.3) is 11.1 Å². The molecule has 3 nitrogen and oxygen atoms in total. The zero-order valence-electron chi connectivity index (χ0n) is 10.1. The van der Waals surface area contributed by atoms with Gasteiger partial charge >= 0.3 is 7.12 Å². The summed E-state index contributed by atoms with van der Waals surface area (Å²) in [6.07, 6.45) is 0.658. The zero-order chi connectivity index (χ0) is 13.4. The largest absolute Gasteiger partial charge is 0.493 e. The first kappa shape index (κ1) is 12.2. The van der Waals surface area contributed by atoms with Crippen LogP contribution in [0.2, 0.25) is 0 Å². The van der Waals surface area contributed by atoms with E-state index in [-0.39, 0.29) is 5.82 Å². The lowest BCUT2D eigenvalue weighted by atomic mass is 9.78. The molecule has 1 aliphatic rings. The Hall–Kier alpha value is -1.85. The Balaban J connectivity index is 2.26. The maximum atomic E-state index is 13.4. The van der Waals surface area contributed by atoms with E-state index in [1.54, 1.807) is 24.3 Å². The van der Waals surface area contributed by atoms with Crippen LogP contribution in [0.4, 0.5) is 4.39 Å². The highest BCUT2D eigenvalue weighted by Gasteiger charge is 2.23. The van der Waals surface area contributed by atoms with Crippen LogP contribution >= 0.6 is 0 Å². The molecule has 2 aromatic carbocycles. The molecule has 0 aliphatic carbocycles. The Bertz CT molecular complexity index is 628. The smallest absolute Gasteiger partial charge is 0.492 e. The lowest BCUT2D eigenvalue weighted by Crippen LogP contribution is -2.31. The zero-order valence-corrected chi connectivity index (χ0v) is 10.1. The third-order valence-electron chi connectivity index (χ3n) is 3.30. The normalized spacial score (nSPS) is 13.0. The highest BCUT2D eigenvalue weighted by atomic mass is 19.1. The number of halogens is 1. The van der Waals surface area contributed by atoms with E-state index < -0.39 is 7.12 Å². The fourth-order valence-electron chi connectivity index (χ4n) is 2.41. The molecule has 96 valence electrons. The molecule has 0 unspecified atom stereocenters. The third-order valence-corrected chi connectivity index (χ3v) is 3.30. The quantitative estimate of drug-likeness (QED) is 0.753. The highest BCUT2D eigenvalue weighted by Crippen LogP contribution is 2.34. The molecule has 0 spiro atoms. The number of para-hydroxylation sites is 1. The van der Waals surface area contributed by atoms with Gasteiger partial charge < -0.3 is 14.8 Å². The van der Waals surface area contributed by atoms with E-state index >= 15 is 0 Å². The van der Waals surface area contributed by atoms with Gasteiger partial charge in [0.15, 0.2) is 0 Å². The highest BCUT2D eigenvalue weighted by molar-refractivity contribution is 6.60. The summed E-state index contributed by atoms with van der Waals surface area (Å²) in [5, 5.41) is 18.8. The van der Waals surface area contributed by atoms with Gasteiger partial charge in [0.2, 0.25) is 0 Å². The maximum Gasteiger partial charge on any atom is 0.492 e. The van der Waals surface area contributed by atoms with Crippen LogP contribution in [0.15, 0.2) is 36.4 Å². The number of fused-ring (bicyclic) bond motifs is 3. The SMILES string of the molecule is OB(O)c1cccc2c1OCCc1ccc(F)cc1-2. The molecule has 0 saturated carbocycles. The second-order valence-electron chi connectivity index (χ2n) is 4.50. The Morgan fingerprint density at radius 3 is 2.74 bits per heavy atom. The van der Waals surface area contributed by atoms with Crippen molar-refractivity contribution in [3.05, 3.63) is 47.8 Å². The van der Waals surface area contributed by atoms with Gasteiger partial charge in [-0.3, -0.25) is 0 Å². The summed E-state index contributed by atoms with van der Waals surface area (Å²) >= 11 is 0. The molecule has 1 heterocycles. The topological polar surface area (TPSA) is 49.7 Å². The second-order valence-corrected chi connectivity index (χ2v) is 4.50. The van der Waals surface area contributed by atoms with E-state index in [2.05, 4.69) is 0 Å². The van der Waals surface area contributed by atoms with Gasteiger partial charge in [-0.2, -0.15) is 0 Å². The van der Waals surface area contributed by atoms with Gasteiger partial charge in [-0.05, 0) is 23.3 Å². The summed E-state index contributed by atoms with van der Waals surface area (Å²) in [7, 11) is -1.61. The summed E-state index contributed by atoms with van der Waals surface area (Å²) in [5.41, 5.74) is 2.73. The van der Waals surface area contributed by atoms with Gasteiger partial charge in [0.25, 0.3) is 0 Å². The summed E-state index contributed by atoms with van der Waals surface area (Å²) in [4.78, 5) is 0. The van der Waals surface area contributed by atoms with Crippen LogP contribution in [-0.2, 0) is 6.42 Å². The number of benzene rings is 2. The van der Waals surface area contributed by atoms with Crippen molar-refractivity contribution in [2.24, 2.45) is 0 Å². The molecule has 0 amide bonds. The minimum absolute atomic E-state index is 0.301. The van der Waals surface area contributed by atoms with Crippen molar-refractivity contribution >= 4 is 12.6 Å². The molecule has 2 N–H and O–H groups in total. The first-order chi connectivity index (χ1) is 9.16. The molecule has 0 fully saturated rings. The number of ether oxygens (including phenoxy) is 1. The molecule has 0 saturated heterocycles. The van der Waals surface area contributed by atoms with Gasteiger partial charge in [-0.15, -0.1) is 0 Å². The fraction of sp³-hybridized carbons (Fsp3) is 0.143. The van der Waals surface area contributed by atoms with Crippen molar-refractivity contribution in [2.75, 3.05) is 6.61 Å². The summed E-state index contributed by atoms with van der Waals surface area (Å²) in [5.74, 6) is 0.100. The van der Waals surface area contributed by atoms with Gasteiger partial charge in [-0.1, -0.05) is 24.3 Å². The molecule has 3 rings (SSSR count).